The predicted molar refractivity (Wildman–Crippen MR) is 72.0 cm³/mol. The van der Waals surface area contributed by atoms with E-state index in [9.17, 15) is 9.59 Å². The van der Waals surface area contributed by atoms with Crippen molar-refractivity contribution in [2.75, 3.05) is 13.1 Å². The molecule has 1 aromatic rings. The Morgan fingerprint density at radius 3 is 2.50 bits per heavy atom. The first-order valence-corrected chi connectivity index (χ1v) is 6.71. The molecule has 1 fully saturated rings. The third-order valence-electron chi connectivity index (χ3n) is 3.26. The molecule has 2 N–H and O–H groups in total. The van der Waals surface area contributed by atoms with E-state index in [4.69, 9.17) is 5.73 Å². The molecule has 0 atom stereocenters. The van der Waals surface area contributed by atoms with E-state index in [-0.39, 0.29) is 17.7 Å². The average molecular weight is 311 g/mol. The molecule has 0 aliphatic carbocycles. The Kier molecular flexibility index (Phi) is 4.01. The monoisotopic (exact) mass is 310 g/mol. The molecule has 2 rings (SSSR count). The summed E-state index contributed by atoms with van der Waals surface area (Å²) >= 11 is 3.35. The average Bonchev–Trinajstić information content (AvgIpc) is 2.38. The zero-order valence-corrected chi connectivity index (χ0v) is 11.5. The van der Waals surface area contributed by atoms with Gasteiger partial charge in [0, 0.05) is 29.0 Å². The fraction of sp³-hybridized carbons (Fsp3) is 0.385. The number of rotatable bonds is 2. The second-order valence-corrected chi connectivity index (χ2v) is 5.39. The maximum Gasteiger partial charge on any atom is 0.253 e. The number of halogens is 1. The number of primary amides is 1. The lowest BCUT2D eigenvalue weighted by molar-refractivity contribution is -0.123. The van der Waals surface area contributed by atoms with E-state index in [2.05, 4.69) is 15.9 Å². The van der Waals surface area contributed by atoms with Gasteiger partial charge in [0.05, 0.1) is 0 Å². The van der Waals surface area contributed by atoms with Gasteiger partial charge in [0.15, 0.2) is 0 Å². The zero-order valence-electron chi connectivity index (χ0n) is 9.93. The maximum absolute atomic E-state index is 12.2. The molecular formula is C13H15BrN2O2. The Bertz CT molecular complexity index is 468. The van der Waals surface area contributed by atoms with Crippen molar-refractivity contribution < 1.29 is 9.59 Å². The van der Waals surface area contributed by atoms with E-state index in [0.717, 1.165) is 4.47 Å². The highest BCUT2D eigenvalue weighted by molar-refractivity contribution is 9.10. The number of benzene rings is 1. The van der Waals surface area contributed by atoms with E-state index in [1.807, 2.05) is 18.2 Å². The van der Waals surface area contributed by atoms with Crippen molar-refractivity contribution in [3.05, 3.63) is 34.3 Å². The van der Waals surface area contributed by atoms with Gasteiger partial charge in [0.2, 0.25) is 5.91 Å². The number of nitrogens with two attached hydrogens (primary N) is 1. The molecule has 0 aromatic heterocycles. The molecule has 0 unspecified atom stereocenters. The lowest BCUT2D eigenvalue weighted by Gasteiger charge is -2.30. The summed E-state index contributed by atoms with van der Waals surface area (Å²) in [4.78, 5) is 25.1. The summed E-state index contributed by atoms with van der Waals surface area (Å²) in [5, 5.41) is 0. The van der Waals surface area contributed by atoms with E-state index in [1.165, 1.54) is 0 Å². The number of amides is 2. The summed E-state index contributed by atoms with van der Waals surface area (Å²) in [6.07, 6.45) is 1.32. The number of carbonyl (C=O) groups is 2. The fourth-order valence-electron chi connectivity index (χ4n) is 2.17. The van der Waals surface area contributed by atoms with Crippen molar-refractivity contribution in [3.63, 3.8) is 0 Å². The van der Waals surface area contributed by atoms with Gasteiger partial charge in [-0.2, -0.15) is 0 Å². The molecule has 1 heterocycles. The minimum atomic E-state index is -0.260. The van der Waals surface area contributed by atoms with Crippen LogP contribution in [0.3, 0.4) is 0 Å². The number of hydrogen-bond donors (Lipinski definition) is 1. The first-order chi connectivity index (χ1) is 8.58. The molecule has 96 valence electrons. The minimum absolute atomic E-state index is 0.0132. The Morgan fingerprint density at radius 2 is 1.94 bits per heavy atom. The standard InChI is InChI=1S/C13H15BrN2O2/c14-11-3-1-2-10(8-11)13(18)16-6-4-9(5-7-16)12(15)17/h1-3,8-9H,4-7H2,(H2,15,17). The topological polar surface area (TPSA) is 63.4 Å². The first kappa shape index (κ1) is 13.1. The third-order valence-corrected chi connectivity index (χ3v) is 3.75. The molecule has 1 saturated heterocycles. The van der Waals surface area contributed by atoms with Gasteiger partial charge in [-0.05, 0) is 31.0 Å². The predicted octanol–water partition coefficient (Wildman–Crippen LogP) is 1.79. The van der Waals surface area contributed by atoms with Crippen LogP contribution in [0.1, 0.15) is 23.2 Å². The largest absolute Gasteiger partial charge is 0.369 e. The number of piperidine rings is 1. The van der Waals surface area contributed by atoms with Crippen molar-refractivity contribution in [2.45, 2.75) is 12.8 Å². The van der Waals surface area contributed by atoms with Crippen molar-refractivity contribution >= 4 is 27.7 Å². The number of hydrogen-bond acceptors (Lipinski definition) is 2. The van der Waals surface area contributed by atoms with Crippen molar-refractivity contribution in [1.82, 2.24) is 4.90 Å². The lowest BCUT2D eigenvalue weighted by atomic mass is 9.96. The van der Waals surface area contributed by atoms with E-state index >= 15 is 0 Å². The Labute approximate surface area is 114 Å². The Morgan fingerprint density at radius 1 is 1.28 bits per heavy atom. The van der Waals surface area contributed by atoms with Crippen LogP contribution < -0.4 is 5.73 Å². The summed E-state index contributed by atoms with van der Waals surface area (Å²) in [6.45, 7) is 1.19. The van der Waals surface area contributed by atoms with Crippen LogP contribution in [0.4, 0.5) is 0 Å². The van der Waals surface area contributed by atoms with E-state index < -0.39 is 0 Å². The molecule has 0 radical (unpaired) electrons. The summed E-state index contributed by atoms with van der Waals surface area (Å²) in [5.41, 5.74) is 5.94. The first-order valence-electron chi connectivity index (χ1n) is 5.92. The van der Waals surface area contributed by atoms with E-state index in [1.54, 1.807) is 11.0 Å². The van der Waals surface area contributed by atoms with Crippen molar-refractivity contribution in [1.29, 1.82) is 0 Å². The van der Waals surface area contributed by atoms with Crippen LogP contribution in [0.2, 0.25) is 0 Å². The second-order valence-electron chi connectivity index (χ2n) is 4.48. The molecule has 1 aliphatic rings. The molecule has 4 nitrogen and oxygen atoms in total. The normalized spacial score (nSPS) is 16.6. The third kappa shape index (κ3) is 2.90. The highest BCUT2D eigenvalue weighted by Gasteiger charge is 2.26. The van der Waals surface area contributed by atoms with Gasteiger partial charge in [0.25, 0.3) is 5.91 Å². The molecule has 1 aromatic carbocycles. The number of likely N-dealkylation sites (tertiary alicyclic amines) is 1. The molecule has 1 aliphatic heterocycles. The maximum atomic E-state index is 12.2. The van der Waals surface area contributed by atoms with E-state index in [0.29, 0.717) is 31.5 Å². The summed E-state index contributed by atoms with van der Waals surface area (Å²) < 4.78 is 0.889. The van der Waals surface area contributed by atoms with Crippen LogP contribution in [0.5, 0.6) is 0 Å². The smallest absolute Gasteiger partial charge is 0.253 e. The van der Waals surface area contributed by atoms with Crippen LogP contribution >= 0.6 is 15.9 Å². The quantitative estimate of drug-likeness (QED) is 0.905. The molecule has 0 bridgehead atoms. The van der Waals surface area contributed by atoms with Gasteiger partial charge >= 0.3 is 0 Å². The molecule has 0 saturated carbocycles. The highest BCUT2D eigenvalue weighted by Crippen LogP contribution is 2.20. The van der Waals surface area contributed by atoms with Gasteiger partial charge in [-0.15, -0.1) is 0 Å². The van der Waals surface area contributed by atoms with Crippen LogP contribution in [-0.4, -0.2) is 29.8 Å². The molecular weight excluding hydrogens is 296 g/mol. The lowest BCUT2D eigenvalue weighted by Crippen LogP contribution is -2.41. The van der Waals surface area contributed by atoms with Gasteiger partial charge in [-0.3, -0.25) is 9.59 Å². The van der Waals surface area contributed by atoms with Gasteiger partial charge < -0.3 is 10.6 Å². The van der Waals surface area contributed by atoms with Crippen molar-refractivity contribution in [2.24, 2.45) is 11.7 Å². The second kappa shape index (κ2) is 5.52. The van der Waals surface area contributed by atoms with Gasteiger partial charge in [-0.1, -0.05) is 22.0 Å². The van der Waals surface area contributed by atoms with Gasteiger partial charge in [-0.25, -0.2) is 0 Å². The zero-order chi connectivity index (χ0) is 13.1. The molecule has 2 amide bonds. The van der Waals surface area contributed by atoms with Crippen LogP contribution in [0, 0.1) is 5.92 Å². The fourth-order valence-corrected chi connectivity index (χ4v) is 2.57. The molecule has 5 heteroatoms. The SMILES string of the molecule is NC(=O)C1CCN(C(=O)c2cccc(Br)c2)CC1. The van der Waals surface area contributed by atoms with Crippen LogP contribution in [-0.2, 0) is 4.79 Å². The Hall–Kier alpha value is -1.36. The van der Waals surface area contributed by atoms with Crippen molar-refractivity contribution in [3.8, 4) is 0 Å². The highest BCUT2D eigenvalue weighted by atomic mass is 79.9. The number of nitrogens with zero attached hydrogens (tertiary/aromatic N) is 1. The molecule has 18 heavy (non-hydrogen) atoms. The number of carbonyl (C=O) groups excluding carboxylic acids is 2. The minimum Gasteiger partial charge on any atom is -0.369 e. The van der Waals surface area contributed by atoms with Crippen LogP contribution in [0.15, 0.2) is 28.7 Å². The summed E-state index contributed by atoms with van der Waals surface area (Å²) in [7, 11) is 0. The van der Waals surface area contributed by atoms with Crippen LogP contribution in [0.25, 0.3) is 0 Å². The summed E-state index contributed by atoms with van der Waals surface area (Å²) in [5.74, 6) is -0.333. The summed E-state index contributed by atoms with van der Waals surface area (Å²) in [6, 6.07) is 7.33. The molecule has 0 spiro atoms. The Balaban J connectivity index is 2.02. The van der Waals surface area contributed by atoms with Gasteiger partial charge in [0.1, 0.15) is 0 Å².